The average Bonchev–Trinajstić information content (AvgIpc) is 3.11. The van der Waals surface area contributed by atoms with Crippen LogP contribution >= 0.6 is 0 Å². The number of halogens is 1. The molecule has 0 radical (unpaired) electrons. The Hall–Kier alpha value is -0.930. The maximum Gasteiger partial charge on any atom is 0.126 e. The third-order valence-corrected chi connectivity index (χ3v) is 6.16. The van der Waals surface area contributed by atoms with Crippen LogP contribution in [0.4, 0.5) is 4.39 Å². The van der Waals surface area contributed by atoms with Gasteiger partial charge in [-0.05, 0) is 62.7 Å². The minimum atomic E-state index is -0.173. The van der Waals surface area contributed by atoms with E-state index < -0.39 is 0 Å². The maximum absolute atomic E-state index is 14.0. The average molecular weight is 333 g/mol. The number of benzene rings is 1. The molecule has 0 aromatic heterocycles. The molecule has 24 heavy (non-hydrogen) atoms. The summed E-state index contributed by atoms with van der Waals surface area (Å²) in [5.41, 5.74) is 0.577. The van der Waals surface area contributed by atoms with Crippen molar-refractivity contribution in [1.29, 1.82) is 0 Å². The summed E-state index contributed by atoms with van der Waals surface area (Å²) in [5.74, 6) is 0.819. The van der Waals surface area contributed by atoms with Crippen molar-refractivity contribution in [3.63, 3.8) is 0 Å². The molecule has 1 N–H and O–H groups in total. The molecule has 1 atom stereocenters. The molecule has 1 aromatic carbocycles. The second-order valence-corrected chi connectivity index (χ2v) is 8.10. The van der Waals surface area contributed by atoms with Gasteiger partial charge in [-0.3, -0.25) is 0 Å². The lowest BCUT2D eigenvalue weighted by Gasteiger charge is -2.42. The van der Waals surface area contributed by atoms with E-state index in [0.717, 1.165) is 44.0 Å². The Bertz CT molecular complexity index is 514. The van der Waals surface area contributed by atoms with Crippen molar-refractivity contribution in [2.75, 3.05) is 26.2 Å². The molecule has 3 heteroatoms. The first-order valence-electron chi connectivity index (χ1n) is 9.77. The highest BCUT2D eigenvalue weighted by Crippen LogP contribution is 2.34. The summed E-state index contributed by atoms with van der Waals surface area (Å²) < 4.78 is 14.0. The SMILES string of the molecule is OCC1(Cc2ccccc2F)CCCN(CCCC2CCCC2)C1. The molecule has 3 rings (SSSR count). The van der Waals surface area contributed by atoms with E-state index in [4.69, 9.17) is 0 Å². The van der Waals surface area contributed by atoms with E-state index in [1.807, 2.05) is 12.1 Å². The van der Waals surface area contributed by atoms with Gasteiger partial charge in [-0.15, -0.1) is 0 Å². The molecule has 1 aliphatic heterocycles. The van der Waals surface area contributed by atoms with Gasteiger partial charge < -0.3 is 10.0 Å². The Morgan fingerprint density at radius 3 is 2.71 bits per heavy atom. The lowest BCUT2D eigenvalue weighted by Crippen LogP contribution is -2.47. The lowest BCUT2D eigenvalue weighted by molar-refractivity contribution is 0.0307. The number of piperidine rings is 1. The summed E-state index contributed by atoms with van der Waals surface area (Å²) in [4.78, 5) is 2.51. The second-order valence-electron chi connectivity index (χ2n) is 8.10. The van der Waals surface area contributed by atoms with E-state index >= 15 is 0 Å². The van der Waals surface area contributed by atoms with Crippen LogP contribution in [-0.2, 0) is 6.42 Å². The molecule has 1 saturated carbocycles. The molecule has 134 valence electrons. The molecule has 1 saturated heterocycles. The van der Waals surface area contributed by atoms with Crippen LogP contribution in [0.2, 0.25) is 0 Å². The first kappa shape index (κ1) is 17.9. The smallest absolute Gasteiger partial charge is 0.126 e. The largest absolute Gasteiger partial charge is 0.396 e. The van der Waals surface area contributed by atoms with Gasteiger partial charge in [-0.25, -0.2) is 4.39 Å². The summed E-state index contributed by atoms with van der Waals surface area (Å²) in [7, 11) is 0. The van der Waals surface area contributed by atoms with Gasteiger partial charge in [0, 0.05) is 12.0 Å². The highest BCUT2D eigenvalue weighted by Gasteiger charge is 2.35. The van der Waals surface area contributed by atoms with Crippen molar-refractivity contribution in [3.8, 4) is 0 Å². The summed E-state index contributed by atoms with van der Waals surface area (Å²) in [6, 6.07) is 7.03. The number of nitrogens with zero attached hydrogens (tertiary/aromatic N) is 1. The molecule has 1 aromatic rings. The van der Waals surface area contributed by atoms with E-state index in [-0.39, 0.29) is 17.8 Å². The number of aliphatic hydroxyl groups is 1. The van der Waals surface area contributed by atoms with Crippen LogP contribution in [0.15, 0.2) is 24.3 Å². The van der Waals surface area contributed by atoms with Crippen molar-refractivity contribution in [2.24, 2.45) is 11.3 Å². The first-order chi connectivity index (χ1) is 11.7. The van der Waals surface area contributed by atoms with Gasteiger partial charge in [0.25, 0.3) is 0 Å². The molecule has 1 unspecified atom stereocenters. The third-order valence-electron chi connectivity index (χ3n) is 6.16. The Labute approximate surface area is 146 Å². The number of rotatable bonds is 7. The van der Waals surface area contributed by atoms with Gasteiger partial charge in [0.15, 0.2) is 0 Å². The summed E-state index contributed by atoms with van der Waals surface area (Å²) >= 11 is 0. The Morgan fingerprint density at radius 2 is 1.96 bits per heavy atom. The minimum absolute atomic E-state index is 0.135. The van der Waals surface area contributed by atoms with Crippen LogP contribution in [0.5, 0.6) is 0 Å². The predicted octanol–water partition coefficient (Wildman–Crippen LogP) is 4.41. The molecule has 2 fully saturated rings. The highest BCUT2D eigenvalue weighted by atomic mass is 19.1. The summed E-state index contributed by atoms with van der Waals surface area (Å²) in [6.07, 6.45) is 11.1. The molecule has 0 amide bonds. The lowest BCUT2D eigenvalue weighted by atomic mass is 9.75. The van der Waals surface area contributed by atoms with Crippen LogP contribution in [-0.4, -0.2) is 36.2 Å². The van der Waals surface area contributed by atoms with E-state index in [0.29, 0.717) is 6.42 Å². The van der Waals surface area contributed by atoms with Gasteiger partial charge in [0.2, 0.25) is 0 Å². The fourth-order valence-electron chi connectivity index (χ4n) is 4.78. The summed E-state index contributed by atoms with van der Waals surface area (Å²) in [6.45, 7) is 3.32. The van der Waals surface area contributed by atoms with Gasteiger partial charge in [-0.2, -0.15) is 0 Å². The van der Waals surface area contributed by atoms with Crippen LogP contribution < -0.4 is 0 Å². The zero-order valence-corrected chi connectivity index (χ0v) is 14.9. The van der Waals surface area contributed by atoms with Crippen LogP contribution in [0.3, 0.4) is 0 Å². The van der Waals surface area contributed by atoms with Gasteiger partial charge in [0.05, 0.1) is 6.61 Å². The minimum Gasteiger partial charge on any atom is -0.396 e. The van der Waals surface area contributed by atoms with Gasteiger partial charge >= 0.3 is 0 Å². The fraction of sp³-hybridized carbons (Fsp3) is 0.714. The molecule has 1 heterocycles. The topological polar surface area (TPSA) is 23.5 Å². The number of likely N-dealkylation sites (tertiary alicyclic amines) is 1. The molecular formula is C21H32FNO. The van der Waals surface area contributed by atoms with Crippen molar-refractivity contribution in [1.82, 2.24) is 4.90 Å². The van der Waals surface area contributed by atoms with E-state index in [9.17, 15) is 9.50 Å². The third kappa shape index (κ3) is 4.58. The van der Waals surface area contributed by atoms with Crippen LogP contribution in [0, 0.1) is 17.2 Å². The monoisotopic (exact) mass is 333 g/mol. The van der Waals surface area contributed by atoms with Crippen LogP contribution in [0.1, 0.15) is 56.9 Å². The molecular weight excluding hydrogens is 301 g/mol. The number of hydrogen-bond acceptors (Lipinski definition) is 2. The normalized spacial score (nSPS) is 26.1. The van der Waals surface area contributed by atoms with E-state index in [2.05, 4.69) is 4.90 Å². The summed E-state index contributed by atoms with van der Waals surface area (Å²) in [5, 5.41) is 10.1. The fourth-order valence-corrected chi connectivity index (χ4v) is 4.78. The first-order valence-corrected chi connectivity index (χ1v) is 9.77. The zero-order valence-electron chi connectivity index (χ0n) is 14.9. The number of aliphatic hydroxyl groups excluding tert-OH is 1. The Morgan fingerprint density at radius 1 is 1.17 bits per heavy atom. The van der Waals surface area contributed by atoms with Crippen molar-refractivity contribution >= 4 is 0 Å². The van der Waals surface area contributed by atoms with Crippen molar-refractivity contribution in [3.05, 3.63) is 35.6 Å². The quantitative estimate of drug-likeness (QED) is 0.799. The van der Waals surface area contributed by atoms with Crippen molar-refractivity contribution in [2.45, 2.75) is 57.8 Å². The zero-order chi connectivity index (χ0) is 16.8. The van der Waals surface area contributed by atoms with Gasteiger partial charge in [-0.1, -0.05) is 43.9 Å². The van der Waals surface area contributed by atoms with Crippen molar-refractivity contribution < 1.29 is 9.50 Å². The van der Waals surface area contributed by atoms with Crippen LogP contribution in [0.25, 0.3) is 0 Å². The Balaban J connectivity index is 1.54. The molecule has 0 spiro atoms. The van der Waals surface area contributed by atoms with Gasteiger partial charge in [0.1, 0.15) is 5.82 Å². The predicted molar refractivity (Wildman–Crippen MR) is 96.5 cm³/mol. The second kappa shape index (κ2) is 8.44. The molecule has 2 nitrogen and oxygen atoms in total. The number of hydrogen-bond donors (Lipinski definition) is 1. The standard InChI is InChI=1S/C21H32FNO/c22-20-11-4-3-10-19(20)15-21(17-24)12-6-14-23(16-21)13-5-9-18-7-1-2-8-18/h3-4,10-11,18,24H,1-2,5-9,12-17H2. The Kier molecular flexibility index (Phi) is 6.29. The van der Waals surface area contributed by atoms with E-state index in [1.54, 1.807) is 6.07 Å². The van der Waals surface area contributed by atoms with E-state index in [1.165, 1.54) is 44.6 Å². The maximum atomic E-state index is 14.0. The molecule has 1 aliphatic carbocycles. The highest BCUT2D eigenvalue weighted by molar-refractivity contribution is 5.19. The molecule has 2 aliphatic rings. The molecule has 0 bridgehead atoms.